The van der Waals surface area contributed by atoms with Crippen LogP contribution in [0.2, 0.25) is 0 Å². The molecule has 20 heavy (non-hydrogen) atoms. The third-order valence-electron chi connectivity index (χ3n) is 2.97. The molecule has 0 atom stereocenters. The summed E-state index contributed by atoms with van der Waals surface area (Å²) in [6.07, 6.45) is 0.759. The van der Waals surface area contributed by atoms with E-state index in [-0.39, 0.29) is 16.0 Å². The van der Waals surface area contributed by atoms with Gasteiger partial charge in [-0.25, -0.2) is 12.8 Å². The van der Waals surface area contributed by atoms with Gasteiger partial charge in [-0.1, -0.05) is 6.92 Å². The van der Waals surface area contributed by atoms with E-state index in [0.29, 0.717) is 13.1 Å². The first kappa shape index (κ1) is 16.9. The van der Waals surface area contributed by atoms with Gasteiger partial charge in [0, 0.05) is 34.9 Å². The molecule has 0 saturated heterocycles. The fourth-order valence-corrected chi connectivity index (χ4v) is 3.10. The molecule has 0 unspecified atom stereocenters. The summed E-state index contributed by atoms with van der Waals surface area (Å²) in [6.45, 7) is 6.01. The van der Waals surface area contributed by atoms with Crippen LogP contribution >= 0.6 is 10.7 Å². The van der Waals surface area contributed by atoms with Gasteiger partial charge in [-0.3, -0.25) is 4.79 Å². The van der Waals surface area contributed by atoms with Crippen LogP contribution in [0.3, 0.4) is 0 Å². The SMILES string of the molecule is CCCN(CC)C(=O)c1cc(F)c(C)c(S(=O)(=O)Cl)c1. The molecule has 0 aliphatic heterocycles. The zero-order valence-electron chi connectivity index (χ0n) is 11.6. The maximum absolute atomic E-state index is 13.8. The van der Waals surface area contributed by atoms with E-state index in [2.05, 4.69) is 0 Å². The molecule has 0 spiro atoms. The summed E-state index contributed by atoms with van der Waals surface area (Å²) in [6, 6.07) is 2.17. The van der Waals surface area contributed by atoms with Gasteiger partial charge in [-0.15, -0.1) is 0 Å². The van der Waals surface area contributed by atoms with Gasteiger partial charge in [0.1, 0.15) is 5.82 Å². The number of hydrogen-bond acceptors (Lipinski definition) is 3. The molecule has 1 aromatic rings. The van der Waals surface area contributed by atoms with Crippen LogP contribution in [-0.2, 0) is 9.05 Å². The van der Waals surface area contributed by atoms with Gasteiger partial charge in [0.15, 0.2) is 0 Å². The predicted molar refractivity (Wildman–Crippen MR) is 76.0 cm³/mol. The average Bonchev–Trinajstić information content (AvgIpc) is 2.36. The van der Waals surface area contributed by atoms with E-state index in [9.17, 15) is 17.6 Å². The van der Waals surface area contributed by atoms with Crippen LogP contribution in [0.15, 0.2) is 17.0 Å². The molecule has 1 rings (SSSR count). The molecule has 0 radical (unpaired) electrons. The number of rotatable bonds is 5. The summed E-state index contributed by atoms with van der Waals surface area (Å²) >= 11 is 0. The Bertz CT molecular complexity index is 616. The fraction of sp³-hybridized carbons (Fsp3) is 0.462. The Labute approximate surface area is 123 Å². The summed E-state index contributed by atoms with van der Waals surface area (Å²) in [5.41, 5.74) is -0.0993. The molecule has 0 aromatic heterocycles. The molecule has 0 N–H and O–H groups in total. The van der Waals surface area contributed by atoms with E-state index in [1.165, 1.54) is 11.8 Å². The van der Waals surface area contributed by atoms with Crippen molar-refractivity contribution in [2.24, 2.45) is 0 Å². The summed E-state index contributed by atoms with van der Waals surface area (Å²) < 4.78 is 36.6. The lowest BCUT2D eigenvalue weighted by Gasteiger charge is -2.20. The summed E-state index contributed by atoms with van der Waals surface area (Å²) in [5.74, 6) is -1.17. The van der Waals surface area contributed by atoms with Crippen LogP contribution in [0, 0.1) is 12.7 Å². The van der Waals surface area contributed by atoms with E-state index in [1.807, 2.05) is 6.92 Å². The number of hydrogen-bond donors (Lipinski definition) is 0. The number of amides is 1. The van der Waals surface area contributed by atoms with Gasteiger partial charge in [-0.2, -0.15) is 0 Å². The van der Waals surface area contributed by atoms with E-state index in [4.69, 9.17) is 10.7 Å². The summed E-state index contributed by atoms with van der Waals surface area (Å²) in [4.78, 5) is 13.4. The highest BCUT2D eigenvalue weighted by Gasteiger charge is 2.22. The normalized spacial score (nSPS) is 11.4. The Balaban J connectivity index is 3.34. The van der Waals surface area contributed by atoms with E-state index in [0.717, 1.165) is 18.6 Å². The Morgan fingerprint density at radius 1 is 1.35 bits per heavy atom. The Morgan fingerprint density at radius 2 is 1.95 bits per heavy atom. The number of halogens is 2. The predicted octanol–water partition coefficient (Wildman–Crippen LogP) is 2.93. The van der Waals surface area contributed by atoms with Gasteiger partial charge < -0.3 is 4.90 Å². The van der Waals surface area contributed by atoms with Crippen molar-refractivity contribution in [1.29, 1.82) is 0 Å². The van der Waals surface area contributed by atoms with Crippen molar-refractivity contribution in [2.75, 3.05) is 13.1 Å². The third kappa shape index (κ3) is 3.70. The standard InChI is InChI=1S/C13H17ClFNO3S/c1-4-6-16(5-2)13(17)10-7-11(15)9(3)12(8-10)20(14,18)19/h7-8H,4-6H2,1-3H3. The number of nitrogens with zero attached hydrogens (tertiary/aromatic N) is 1. The molecule has 7 heteroatoms. The molecule has 0 aliphatic rings. The maximum atomic E-state index is 13.8. The summed E-state index contributed by atoms with van der Waals surface area (Å²) in [7, 11) is 1.17. The van der Waals surface area contributed by atoms with Crippen molar-refractivity contribution >= 4 is 25.6 Å². The van der Waals surface area contributed by atoms with Crippen LogP contribution in [0.5, 0.6) is 0 Å². The third-order valence-corrected chi connectivity index (χ3v) is 4.42. The Hall–Kier alpha value is -1.14. The molecular weight excluding hydrogens is 305 g/mol. The van der Waals surface area contributed by atoms with E-state index >= 15 is 0 Å². The second kappa shape index (κ2) is 6.54. The molecule has 4 nitrogen and oxygen atoms in total. The minimum absolute atomic E-state index is 0.0115. The van der Waals surface area contributed by atoms with Gasteiger partial charge in [0.2, 0.25) is 0 Å². The first-order chi connectivity index (χ1) is 9.22. The molecule has 112 valence electrons. The number of carbonyl (C=O) groups is 1. The Morgan fingerprint density at radius 3 is 2.40 bits per heavy atom. The van der Waals surface area contributed by atoms with Crippen molar-refractivity contribution in [3.63, 3.8) is 0 Å². The average molecular weight is 322 g/mol. The molecule has 1 amide bonds. The zero-order valence-corrected chi connectivity index (χ0v) is 13.2. The van der Waals surface area contributed by atoms with Gasteiger partial charge in [0.05, 0.1) is 4.90 Å². The number of carbonyl (C=O) groups excluding carboxylic acids is 1. The molecule has 1 aromatic carbocycles. The van der Waals surface area contributed by atoms with E-state index < -0.39 is 20.8 Å². The lowest BCUT2D eigenvalue weighted by molar-refractivity contribution is 0.0763. The van der Waals surface area contributed by atoms with Crippen molar-refractivity contribution in [2.45, 2.75) is 32.1 Å². The fourth-order valence-electron chi connectivity index (χ4n) is 1.89. The quantitative estimate of drug-likeness (QED) is 0.783. The number of benzene rings is 1. The van der Waals surface area contributed by atoms with Crippen molar-refractivity contribution < 1.29 is 17.6 Å². The zero-order chi connectivity index (χ0) is 15.5. The molecule has 0 fully saturated rings. The highest BCUT2D eigenvalue weighted by Crippen LogP contribution is 2.24. The smallest absolute Gasteiger partial charge is 0.261 e. The van der Waals surface area contributed by atoms with Crippen LogP contribution in [0.25, 0.3) is 0 Å². The summed E-state index contributed by atoms with van der Waals surface area (Å²) in [5, 5.41) is 0. The maximum Gasteiger partial charge on any atom is 0.261 e. The van der Waals surface area contributed by atoms with E-state index in [1.54, 1.807) is 6.92 Å². The Kier molecular flexibility index (Phi) is 5.53. The first-order valence-corrected chi connectivity index (χ1v) is 8.57. The second-order valence-corrected chi connectivity index (χ2v) is 6.94. The second-order valence-electron chi connectivity index (χ2n) is 4.40. The van der Waals surface area contributed by atoms with Gasteiger partial charge in [-0.05, 0) is 32.4 Å². The molecule has 0 aliphatic carbocycles. The van der Waals surface area contributed by atoms with Crippen LogP contribution in [0.1, 0.15) is 36.2 Å². The van der Waals surface area contributed by atoms with Crippen LogP contribution < -0.4 is 0 Å². The van der Waals surface area contributed by atoms with Crippen LogP contribution in [0.4, 0.5) is 4.39 Å². The lowest BCUT2D eigenvalue weighted by atomic mass is 10.1. The molecule has 0 bridgehead atoms. The molecular formula is C13H17ClFNO3S. The van der Waals surface area contributed by atoms with Crippen LogP contribution in [-0.4, -0.2) is 32.3 Å². The van der Waals surface area contributed by atoms with Crippen molar-refractivity contribution in [3.8, 4) is 0 Å². The topological polar surface area (TPSA) is 54.5 Å². The van der Waals surface area contributed by atoms with Crippen molar-refractivity contribution in [1.82, 2.24) is 4.90 Å². The van der Waals surface area contributed by atoms with Gasteiger partial charge in [0.25, 0.3) is 15.0 Å². The highest BCUT2D eigenvalue weighted by molar-refractivity contribution is 8.13. The minimum atomic E-state index is -4.10. The highest BCUT2D eigenvalue weighted by atomic mass is 35.7. The van der Waals surface area contributed by atoms with Gasteiger partial charge >= 0.3 is 0 Å². The lowest BCUT2D eigenvalue weighted by Crippen LogP contribution is -2.31. The largest absolute Gasteiger partial charge is 0.339 e. The van der Waals surface area contributed by atoms with Crippen molar-refractivity contribution in [3.05, 3.63) is 29.1 Å². The monoisotopic (exact) mass is 321 g/mol. The molecule has 0 saturated carbocycles. The minimum Gasteiger partial charge on any atom is -0.339 e. The molecule has 0 heterocycles. The first-order valence-electron chi connectivity index (χ1n) is 6.26.